The molecule has 0 aliphatic heterocycles. The van der Waals surface area contributed by atoms with E-state index in [2.05, 4.69) is 26.8 Å². The van der Waals surface area contributed by atoms with Crippen LogP contribution in [-0.2, 0) is 6.54 Å². The molecule has 2 heterocycles. The number of nitrogens with one attached hydrogen (secondary N) is 1. The monoisotopic (exact) mass is 322 g/mol. The molecule has 0 aliphatic carbocycles. The molecule has 0 unspecified atom stereocenters. The average Bonchev–Trinajstić information content (AvgIpc) is 2.80. The zero-order valence-corrected chi connectivity index (χ0v) is 13.9. The van der Waals surface area contributed by atoms with E-state index in [4.69, 9.17) is 0 Å². The number of aromatic nitrogens is 3. The summed E-state index contributed by atoms with van der Waals surface area (Å²) in [5.41, 5.74) is 2.77. The Hall–Kier alpha value is -1.89. The summed E-state index contributed by atoms with van der Waals surface area (Å²) in [7, 11) is 1.59. The number of aryl methyl sites for hydroxylation is 1. The van der Waals surface area contributed by atoms with E-state index < -0.39 is 5.82 Å². The molecule has 7 heteroatoms. The fourth-order valence-electron chi connectivity index (χ4n) is 2.37. The first-order valence-corrected chi connectivity index (χ1v) is 7.99. The molecule has 0 fully saturated rings. The fourth-order valence-corrected chi connectivity index (χ4v) is 3.07. The summed E-state index contributed by atoms with van der Waals surface area (Å²) in [4.78, 5) is 20.3. The van der Waals surface area contributed by atoms with Crippen LogP contribution in [0.4, 0.5) is 10.2 Å². The number of nitrogens with zero attached hydrogens (tertiary/aromatic N) is 3. The van der Waals surface area contributed by atoms with Gasteiger partial charge in [-0.1, -0.05) is 11.8 Å². The first kappa shape index (κ1) is 16.5. The third kappa shape index (κ3) is 3.30. The Kier molecular flexibility index (Phi) is 5.18. The van der Waals surface area contributed by atoms with Gasteiger partial charge in [0.25, 0.3) is 0 Å². The van der Waals surface area contributed by atoms with Gasteiger partial charge < -0.3 is 9.88 Å². The van der Waals surface area contributed by atoms with E-state index >= 15 is 0 Å². The number of carbonyl (C=O) groups is 1. The minimum atomic E-state index is -0.510. The number of hydrogen-bond acceptors (Lipinski definition) is 5. The van der Waals surface area contributed by atoms with Crippen LogP contribution in [0, 0.1) is 19.7 Å². The average molecular weight is 322 g/mol. The van der Waals surface area contributed by atoms with Crippen molar-refractivity contribution < 1.29 is 9.18 Å². The van der Waals surface area contributed by atoms with Crippen LogP contribution >= 0.6 is 11.8 Å². The highest BCUT2D eigenvalue weighted by Gasteiger charge is 2.16. The van der Waals surface area contributed by atoms with Gasteiger partial charge in [-0.15, -0.1) is 0 Å². The van der Waals surface area contributed by atoms with Crippen molar-refractivity contribution in [2.24, 2.45) is 0 Å². The third-order valence-corrected chi connectivity index (χ3v) is 4.34. The van der Waals surface area contributed by atoms with Crippen LogP contribution in [0.1, 0.15) is 28.7 Å². The van der Waals surface area contributed by atoms with Gasteiger partial charge in [-0.25, -0.2) is 14.4 Å². The number of halogens is 1. The predicted molar refractivity (Wildman–Crippen MR) is 86.2 cm³/mol. The number of carbonyl (C=O) groups excluding carboxylic acids is 1. The quantitative estimate of drug-likeness (QED) is 0.503. The van der Waals surface area contributed by atoms with E-state index in [1.807, 2.05) is 19.9 Å². The molecule has 0 radical (unpaired) electrons. The lowest BCUT2D eigenvalue weighted by molar-refractivity contribution is 0.102. The van der Waals surface area contributed by atoms with Crippen molar-refractivity contribution in [1.29, 1.82) is 0 Å². The number of ketones is 1. The van der Waals surface area contributed by atoms with Gasteiger partial charge in [0.15, 0.2) is 22.6 Å². The van der Waals surface area contributed by atoms with Gasteiger partial charge in [-0.2, -0.15) is 0 Å². The van der Waals surface area contributed by atoms with Crippen molar-refractivity contribution >= 4 is 23.4 Å². The fraction of sp³-hybridized carbons (Fsp3) is 0.400. The molecule has 2 rings (SSSR count). The molecular formula is C15H19FN4OS. The Balaban J connectivity index is 2.10. The molecule has 0 saturated carbocycles. The molecule has 0 amide bonds. The standard InChI is InChI=1S/C15H19FN4OS/c1-5-20-9(2)6-11(10(20)3)13(21)8-22-15-18-7-12(16)14(17-4)19-15/h6-7H,5,8H2,1-4H3,(H,17,18,19). The van der Waals surface area contributed by atoms with Crippen LogP contribution in [0.15, 0.2) is 17.4 Å². The summed E-state index contributed by atoms with van der Waals surface area (Å²) in [5, 5.41) is 3.03. The smallest absolute Gasteiger partial charge is 0.190 e. The highest BCUT2D eigenvalue weighted by atomic mass is 32.2. The molecule has 2 aromatic rings. The van der Waals surface area contributed by atoms with Gasteiger partial charge in [0.05, 0.1) is 11.9 Å². The highest BCUT2D eigenvalue weighted by Crippen LogP contribution is 2.21. The maximum absolute atomic E-state index is 13.3. The van der Waals surface area contributed by atoms with Gasteiger partial charge in [0.1, 0.15) is 0 Å². The summed E-state index contributed by atoms with van der Waals surface area (Å²) < 4.78 is 15.4. The Morgan fingerprint density at radius 2 is 2.18 bits per heavy atom. The summed E-state index contributed by atoms with van der Waals surface area (Å²) in [6, 6.07) is 1.91. The van der Waals surface area contributed by atoms with Crippen molar-refractivity contribution in [2.75, 3.05) is 18.1 Å². The second-order valence-corrected chi connectivity index (χ2v) is 5.78. The molecule has 2 aromatic heterocycles. The van der Waals surface area contributed by atoms with E-state index in [0.717, 1.165) is 29.7 Å². The Morgan fingerprint density at radius 1 is 1.45 bits per heavy atom. The molecule has 0 saturated heterocycles. The van der Waals surface area contributed by atoms with Gasteiger partial charge in [-0.3, -0.25) is 4.79 Å². The lowest BCUT2D eigenvalue weighted by Crippen LogP contribution is -2.07. The maximum atomic E-state index is 13.3. The summed E-state index contributed by atoms with van der Waals surface area (Å²) in [6.45, 7) is 6.82. The van der Waals surface area contributed by atoms with Crippen LogP contribution in [0.25, 0.3) is 0 Å². The van der Waals surface area contributed by atoms with E-state index in [9.17, 15) is 9.18 Å². The van der Waals surface area contributed by atoms with E-state index in [1.165, 1.54) is 11.8 Å². The van der Waals surface area contributed by atoms with Gasteiger partial charge in [0.2, 0.25) is 0 Å². The van der Waals surface area contributed by atoms with Crippen LogP contribution < -0.4 is 5.32 Å². The van der Waals surface area contributed by atoms with Crippen LogP contribution in [0.3, 0.4) is 0 Å². The van der Waals surface area contributed by atoms with Crippen LogP contribution in [0.5, 0.6) is 0 Å². The van der Waals surface area contributed by atoms with Crippen molar-refractivity contribution in [3.8, 4) is 0 Å². The summed E-state index contributed by atoms with van der Waals surface area (Å²) in [5.74, 6) is -0.126. The molecule has 1 N–H and O–H groups in total. The lowest BCUT2D eigenvalue weighted by atomic mass is 10.2. The summed E-state index contributed by atoms with van der Waals surface area (Å²) in [6.07, 6.45) is 1.11. The van der Waals surface area contributed by atoms with Crippen molar-refractivity contribution in [1.82, 2.24) is 14.5 Å². The maximum Gasteiger partial charge on any atom is 0.190 e. The second kappa shape index (κ2) is 6.91. The summed E-state index contributed by atoms with van der Waals surface area (Å²) >= 11 is 1.21. The molecule has 118 valence electrons. The van der Waals surface area contributed by atoms with Gasteiger partial charge >= 0.3 is 0 Å². The molecule has 0 atom stereocenters. The van der Waals surface area contributed by atoms with E-state index in [1.54, 1.807) is 7.05 Å². The lowest BCUT2D eigenvalue weighted by Gasteiger charge is -2.06. The van der Waals surface area contributed by atoms with Gasteiger partial charge in [-0.05, 0) is 26.8 Å². The first-order chi connectivity index (χ1) is 10.5. The van der Waals surface area contributed by atoms with E-state index in [-0.39, 0.29) is 17.4 Å². The number of rotatable bonds is 6. The number of Topliss-reactive ketones (excluding diaryl/α,β-unsaturated/α-hetero) is 1. The Morgan fingerprint density at radius 3 is 2.77 bits per heavy atom. The number of thioether (sulfide) groups is 1. The predicted octanol–water partition coefficient (Wildman–Crippen LogP) is 3.07. The minimum absolute atomic E-state index is 0.0248. The highest BCUT2D eigenvalue weighted by molar-refractivity contribution is 7.99. The molecule has 0 bridgehead atoms. The third-order valence-electron chi connectivity index (χ3n) is 3.48. The second-order valence-electron chi connectivity index (χ2n) is 4.84. The number of hydrogen-bond donors (Lipinski definition) is 1. The van der Waals surface area contributed by atoms with Gasteiger partial charge in [0, 0.05) is 30.5 Å². The largest absolute Gasteiger partial charge is 0.371 e. The topological polar surface area (TPSA) is 59.8 Å². The molecular weight excluding hydrogens is 303 g/mol. The zero-order chi connectivity index (χ0) is 16.3. The Bertz CT molecular complexity index is 699. The van der Waals surface area contributed by atoms with Crippen molar-refractivity contribution in [2.45, 2.75) is 32.5 Å². The molecule has 5 nitrogen and oxygen atoms in total. The SMILES string of the molecule is CCn1c(C)cc(C(=O)CSc2ncc(F)c(NC)n2)c1C. The van der Waals surface area contributed by atoms with E-state index in [0.29, 0.717) is 5.16 Å². The molecule has 0 aromatic carbocycles. The molecule has 0 spiro atoms. The van der Waals surface area contributed by atoms with Crippen LogP contribution in [-0.4, -0.2) is 33.1 Å². The minimum Gasteiger partial charge on any atom is -0.371 e. The normalized spacial score (nSPS) is 10.8. The van der Waals surface area contributed by atoms with Crippen LogP contribution in [0.2, 0.25) is 0 Å². The molecule has 0 aliphatic rings. The van der Waals surface area contributed by atoms with Crippen molar-refractivity contribution in [3.05, 3.63) is 35.0 Å². The van der Waals surface area contributed by atoms with Crippen molar-refractivity contribution in [3.63, 3.8) is 0 Å². The molecule has 22 heavy (non-hydrogen) atoms. The number of anilines is 1. The Labute approximate surface area is 133 Å². The zero-order valence-electron chi connectivity index (χ0n) is 13.1. The first-order valence-electron chi connectivity index (χ1n) is 7.01.